The number of anilines is 2. The second kappa shape index (κ2) is 4.79. The normalized spacial score (nSPS) is 10.1. The lowest BCUT2D eigenvalue weighted by Gasteiger charge is -2.10. The summed E-state index contributed by atoms with van der Waals surface area (Å²) >= 11 is 0. The Morgan fingerprint density at radius 3 is 2.50 bits per heavy atom. The summed E-state index contributed by atoms with van der Waals surface area (Å²) in [5, 5.41) is 3.22. The summed E-state index contributed by atoms with van der Waals surface area (Å²) in [6, 6.07) is 14.6. The van der Waals surface area contributed by atoms with E-state index in [4.69, 9.17) is 0 Å². The molecule has 16 heavy (non-hydrogen) atoms. The van der Waals surface area contributed by atoms with E-state index in [1.54, 1.807) is 0 Å². The van der Waals surface area contributed by atoms with E-state index in [9.17, 15) is 4.39 Å². The van der Waals surface area contributed by atoms with Gasteiger partial charge in [0.1, 0.15) is 5.82 Å². The molecule has 0 fully saturated rings. The van der Waals surface area contributed by atoms with E-state index >= 15 is 0 Å². The van der Waals surface area contributed by atoms with E-state index in [0.29, 0.717) is 0 Å². The summed E-state index contributed by atoms with van der Waals surface area (Å²) in [6.07, 6.45) is 0.884. The first kappa shape index (κ1) is 10.7. The van der Waals surface area contributed by atoms with Gasteiger partial charge in [0.05, 0.1) is 0 Å². The van der Waals surface area contributed by atoms with E-state index in [-0.39, 0.29) is 5.82 Å². The average molecular weight is 215 g/mol. The second-order valence-electron chi connectivity index (χ2n) is 3.65. The van der Waals surface area contributed by atoms with Gasteiger partial charge in [0.2, 0.25) is 0 Å². The smallest absolute Gasteiger partial charge is 0.125 e. The van der Waals surface area contributed by atoms with Gasteiger partial charge in [-0.1, -0.05) is 31.2 Å². The third-order valence-electron chi connectivity index (χ3n) is 2.51. The van der Waals surface area contributed by atoms with Crippen molar-refractivity contribution in [1.29, 1.82) is 0 Å². The van der Waals surface area contributed by atoms with Crippen LogP contribution in [0, 0.1) is 5.82 Å². The van der Waals surface area contributed by atoms with Gasteiger partial charge >= 0.3 is 0 Å². The standard InChI is InChI=1S/C14H14FN/c1-2-11-8-9-12(15)10-14(11)16-13-6-4-3-5-7-13/h3-10,16H,2H2,1H3. The second-order valence-corrected chi connectivity index (χ2v) is 3.65. The highest BCUT2D eigenvalue weighted by molar-refractivity contribution is 5.63. The molecule has 0 bridgehead atoms. The molecule has 1 N–H and O–H groups in total. The van der Waals surface area contributed by atoms with Crippen molar-refractivity contribution in [3.63, 3.8) is 0 Å². The molecule has 0 aliphatic heterocycles. The summed E-state index contributed by atoms with van der Waals surface area (Å²) in [5.41, 5.74) is 2.93. The fourth-order valence-electron chi connectivity index (χ4n) is 1.65. The Labute approximate surface area is 94.9 Å². The lowest BCUT2D eigenvalue weighted by Crippen LogP contribution is -1.95. The number of rotatable bonds is 3. The fraction of sp³-hybridized carbons (Fsp3) is 0.143. The molecule has 0 unspecified atom stereocenters. The van der Waals surface area contributed by atoms with Crippen molar-refractivity contribution < 1.29 is 4.39 Å². The van der Waals surface area contributed by atoms with Gasteiger partial charge in [0, 0.05) is 11.4 Å². The highest BCUT2D eigenvalue weighted by Crippen LogP contribution is 2.22. The first-order valence-corrected chi connectivity index (χ1v) is 5.40. The molecule has 2 aromatic rings. The maximum Gasteiger partial charge on any atom is 0.125 e. The van der Waals surface area contributed by atoms with Crippen molar-refractivity contribution in [3.8, 4) is 0 Å². The molecular weight excluding hydrogens is 201 g/mol. The third kappa shape index (κ3) is 2.40. The van der Waals surface area contributed by atoms with Crippen molar-refractivity contribution in [3.05, 3.63) is 59.9 Å². The monoisotopic (exact) mass is 215 g/mol. The van der Waals surface area contributed by atoms with Crippen molar-refractivity contribution in [2.75, 3.05) is 5.32 Å². The average Bonchev–Trinajstić information content (AvgIpc) is 2.31. The van der Waals surface area contributed by atoms with Gasteiger partial charge in [-0.3, -0.25) is 0 Å². The number of benzene rings is 2. The largest absolute Gasteiger partial charge is 0.355 e. The summed E-state index contributed by atoms with van der Waals surface area (Å²) in [7, 11) is 0. The molecule has 0 spiro atoms. The maximum atomic E-state index is 13.1. The first-order chi connectivity index (χ1) is 7.79. The zero-order chi connectivity index (χ0) is 11.4. The highest BCUT2D eigenvalue weighted by Gasteiger charge is 2.02. The van der Waals surface area contributed by atoms with Crippen molar-refractivity contribution in [2.45, 2.75) is 13.3 Å². The zero-order valence-corrected chi connectivity index (χ0v) is 9.20. The lowest BCUT2D eigenvalue weighted by atomic mass is 10.1. The van der Waals surface area contributed by atoms with Gasteiger partial charge in [-0.25, -0.2) is 4.39 Å². The molecule has 2 aromatic carbocycles. The molecular formula is C14H14FN. The Morgan fingerprint density at radius 1 is 1.06 bits per heavy atom. The topological polar surface area (TPSA) is 12.0 Å². The van der Waals surface area contributed by atoms with Crippen LogP contribution in [0.25, 0.3) is 0 Å². The lowest BCUT2D eigenvalue weighted by molar-refractivity contribution is 0.628. The third-order valence-corrected chi connectivity index (χ3v) is 2.51. The molecule has 0 heterocycles. The summed E-state index contributed by atoms with van der Waals surface area (Å²) in [6.45, 7) is 2.06. The number of halogens is 1. The van der Waals surface area contributed by atoms with Crippen LogP contribution in [0.3, 0.4) is 0 Å². The fourth-order valence-corrected chi connectivity index (χ4v) is 1.65. The van der Waals surface area contributed by atoms with E-state index in [0.717, 1.165) is 23.4 Å². The number of para-hydroxylation sites is 1. The molecule has 0 aromatic heterocycles. The molecule has 2 rings (SSSR count). The van der Waals surface area contributed by atoms with Gasteiger partial charge in [-0.2, -0.15) is 0 Å². The van der Waals surface area contributed by atoms with E-state index in [2.05, 4.69) is 12.2 Å². The van der Waals surface area contributed by atoms with Gasteiger partial charge in [-0.05, 0) is 36.2 Å². The van der Waals surface area contributed by atoms with Crippen LogP contribution in [-0.4, -0.2) is 0 Å². The minimum atomic E-state index is -0.212. The van der Waals surface area contributed by atoms with Crippen LogP contribution in [-0.2, 0) is 6.42 Å². The maximum absolute atomic E-state index is 13.1. The Kier molecular flexibility index (Phi) is 3.20. The van der Waals surface area contributed by atoms with Crippen molar-refractivity contribution in [2.24, 2.45) is 0 Å². The van der Waals surface area contributed by atoms with Crippen LogP contribution in [0.15, 0.2) is 48.5 Å². The number of hydrogen-bond donors (Lipinski definition) is 1. The van der Waals surface area contributed by atoms with Crippen LogP contribution in [0.1, 0.15) is 12.5 Å². The number of hydrogen-bond acceptors (Lipinski definition) is 1. The molecule has 0 atom stereocenters. The SMILES string of the molecule is CCc1ccc(F)cc1Nc1ccccc1. The Bertz CT molecular complexity index is 465. The molecule has 0 saturated heterocycles. The quantitative estimate of drug-likeness (QED) is 0.811. The summed E-state index contributed by atoms with van der Waals surface area (Å²) < 4.78 is 13.1. The molecule has 0 aliphatic carbocycles. The molecule has 0 aliphatic rings. The van der Waals surface area contributed by atoms with Crippen LogP contribution < -0.4 is 5.32 Å². The first-order valence-electron chi connectivity index (χ1n) is 5.40. The predicted octanol–water partition coefficient (Wildman–Crippen LogP) is 4.13. The van der Waals surface area contributed by atoms with Gasteiger partial charge in [0.15, 0.2) is 0 Å². The Morgan fingerprint density at radius 2 is 1.81 bits per heavy atom. The number of aryl methyl sites for hydroxylation is 1. The molecule has 0 saturated carbocycles. The molecule has 1 nitrogen and oxygen atoms in total. The van der Waals surface area contributed by atoms with Crippen molar-refractivity contribution in [1.82, 2.24) is 0 Å². The van der Waals surface area contributed by atoms with Gasteiger partial charge in [-0.15, -0.1) is 0 Å². The van der Waals surface area contributed by atoms with E-state index in [1.807, 2.05) is 36.4 Å². The summed E-state index contributed by atoms with van der Waals surface area (Å²) in [4.78, 5) is 0. The van der Waals surface area contributed by atoms with Crippen LogP contribution in [0.4, 0.5) is 15.8 Å². The molecule has 0 amide bonds. The highest BCUT2D eigenvalue weighted by atomic mass is 19.1. The van der Waals surface area contributed by atoms with Crippen molar-refractivity contribution >= 4 is 11.4 Å². The minimum absolute atomic E-state index is 0.212. The molecule has 82 valence electrons. The minimum Gasteiger partial charge on any atom is -0.355 e. The van der Waals surface area contributed by atoms with Gasteiger partial charge < -0.3 is 5.32 Å². The van der Waals surface area contributed by atoms with E-state index in [1.165, 1.54) is 12.1 Å². The summed E-state index contributed by atoms with van der Waals surface area (Å²) in [5.74, 6) is -0.212. The van der Waals surface area contributed by atoms with Crippen LogP contribution >= 0.6 is 0 Å². The number of nitrogens with one attached hydrogen (secondary N) is 1. The molecule has 2 heteroatoms. The van der Waals surface area contributed by atoms with Crippen LogP contribution in [0.2, 0.25) is 0 Å². The Balaban J connectivity index is 2.30. The zero-order valence-electron chi connectivity index (χ0n) is 9.20. The predicted molar refractivity (Wildman–Crippen MR) is 65.5 cm³/mol. The van der Waals surface area contributed by atoms with E-state index < -0.39 is 0 Å². The molecule has 0 radical (unpaired) electrons. The van der Waals surface area contributed by atoms with Gasteiger partial charge in [0.25, 0.3) is 0 Å². The van der Waals surface area contributed by atoms with Crippen LogP contribution in [0.5, 0.6) is 0 Å². The Hall–Kier alpha value is -1.83.